The van der Waals surface area contributed by atoms with Crippen molar-refractivity contribution in [1.29, 1.82) is 0 Å². The minimum absolute atomic E-state index is 0.0846. The molecule has 1 amide bonds. The SMILES string of the molecule is COc1cc(/C=N/OCC(=O)Nc2cccc(S(=O)(=O)N3CCCCC3)c2)ccc1OC(F)F. The van der Waals surface area contributed by atoms with Crippen molar-refractivity contribution >= 4 is 27.8 Å². The van der Waals surface area contributed by atoms with Crippen LogP contribution in [0.2, 0.25) is 0 Å². The average molecular weight is 498 g/mol. The highest BCUT2D eigenvalue weighted by Crippen LogP contribution is 2.29. The molecule has 0 unspecified atom stereocenters. The van der Waals surface area contributed by atoms with Crippen LogP contribution in [-0.2, 0) is 19.7 Å². The van der Waals surface area contributed by atoms with E-state index < -0.39 is 29.1 Å². The summed E-state index contributed by atoms with van der Waals surface area (Å²) in [5.41, 5.74) is 0.782. The minimum atomic E-state index is -3.62. The van der Waals surface area contributed by atoms with Gasteiger partial charge in [0.05, 0.1) is 18.2 Å². The molecule has 0 bridgehead atoms. The molecule has 1 heterocycles. The molecule has 0 atom stereocenters. The largest absolute Gasteiger partial charge is 0.493 e. The summed E-state index contributed by atoms with van der Waals surface area (Å²) >= 11 is 0. The Bertz CT molecular complexity index is 1120. The number of alkyl halides is 2. The van der Waals surface area contributed by atoms with Crippen LogP contribution < -0.4 is 14.8 Å². The maximum Gasteiger partial charge on any atom is 0.387 e. The fourth-order valence-corrected chi connectivity index (χ4v) is 4.90. The van der Waals surface area contributed by atoms with E-state index >= 15 is 0 Å². The van der Waals surface area contributed by atoms with Gasteiger partial charge in [0.1, 0.15) is 0 Å². The van der Waals surface area contributed by atoms with Gasteiger partial charge in [-0.25, -0.2) is 8.42 Å². The van der Waals surface area contributed by atoms with E-state index in [4.69, 9.17) is 9.57 Å². The lowest BCUT2D eigenvalue weighted by atomic mass is 10.2. The van der Waals surface area contributed by atoms with Crippen molar-refractivity contribution in [3.63, 3.8) is 0 Å². The number of piperidine rings is 1. The third-order valence-electron chi connectivity index (χ3n) is 4.95. The Labute approximate surface area is 196 Å². The van der Waals surface area contributed by atoms with Crippen LogP contribution in [0.4, 0.5) is 14.5 Å². The first-order valence-electron chi connectivity index (χ1n) is 10.5. The molecule has 184 valence electrons. The highest BCUT2D eigenvalue weighted by atomic mass is 32.2. The smallest absolute Gasteiger partial charge is 0.387 e. The third kappa shape index (κ3) is 6.87. The second-order valence-corrected chi connectivity index (χ2v) is 9.28. The Morgan fingerprint density at radius 3 is 2.62 bits per heavy atom. The zero-order chi connectivity index (χ0) is 24.6. The minimum Gasteiger partial charge on any atom is -0.493 e. The number of anilines is 1. The van der Waals surface area contributed by atoms with Gasteiger partial charge in [-0.15, -0.1) is 0 Å². The molecule has 3 rings (SSSR count). The molecule has 2 aromatic rings. The molecule has 0 aromatic heterocycles. The lowest BCUT2D eigenvalue weighted by Crippen LogP contribution is -2.35. The van der Waals surface area contributed by atoms with Crippen molar-refractivity contribution in [2.24, 2.45) is 5.16 Å². The topological polar surface area (TPSA) is 107 Å². The number of benzene rings is 2. The molecule has 34 heavy (non-hydrogen) atoms. The number of amides is 1. The van der Waals surface area contributed by atoms with Crippen molar-refractivity contribution in [2.75, 3.05) is 32.1 Å². The molecule has 9 nitrogen and oxygen atoms in total. The van der Waals surface area contributed by atoms with Crippen LogP contribution in [-0.4, -0.2) is 58.3 Å². The van der Waals surface area contributed by atoms with E-state index in [1.807, 2.05) is 0 Å². The van der Waals surface area contributed by atoms with Crippen molar-refractivity contribution in [2.45, 2.75) is 30.8 Å². The second kappa shape index (κ2) is 11.7. The van der Waals surface area contributed by atoms with Crippen molar-refractivity contribution in [1.82, 2.24) is 4.31 Å². The molecule has 2 aromatic carbocycles. The molecule has 0 aliphatic carbocycles. The number of carbonyl (C=O) groups is 1. The molecule has 1 N–H and O–H groups in total. The molecule has 1 fully saturated rings. The van der Waals surface area contributed by atoms with Crippen molar-refractivity contribution < 1.29 is 36.3 Å². The summed E-state index contributed by atoms with van der Waals surface area (Å²) in [6.45, 7) is -2.44. The number of carbonyl (C=O) groups excluding carboxylic acids is 1. The van der Waals surface area contributed by atoms with Gasteiger partial charge in [0.25, 0.3) is 5.91 Å². The van der Waals surface area contributed by atoms with E-state index in [2.05, 4.69) is 15.2 Å². The Morgan fingerprint density at radius 1 is 1.15 bits per heavy atom. The number of halogens is 2. The zero-order valence-electron chi connectivity index (χ0n) is 18.4. The summed E-state index contributed by atoms with van der Waals surface area (Å²) in [5, 5.41) is 6.25. The maximum absolute atomic E-state index is 12.8. The monoisotopic (exact) mass is 497 g/mol. The van der Waals surface area contributed by atoms with Gasteiger partial charge in [-0.2, -0.15) is 13.1 Å². The predicted octanol–water partition coefficient (Wildman–Crippen LogP) is 3.46. The van der Waals surface area contributed by atoms with Crippen LogP contribution in [0, 0.1) is 0 Å². The molecular formula is C22H25F2N3O6S. The van der Waals surface area contributed by atoms with Gasteiger partial charge in [-0.05, 0) is 49.2 Å². The van der Waals surface area contributed by atoms with Gasteiger partial charge in [0, 0.05) is 24.3 Å². The molecule has 0 spiro atoms. The molecular weight excluding hydrogens is 472 g/mol. The lowest BCUT2D eigenvalue weighted by molar-refractivity contribution is -0.120. The van der Waals surface area contributed by atoms with E-state index in [0.717, 1.165) is 19.3 Å². The number of oxime groups is 1. The number of ether oxygens (including phenoxy) is 2. The zero-order valence-corrected chi connectivity index (χ0v) is 19.3. The number of methoxy groups -OCH3 is 1. The third-order valence-corrected chi connectivity index (χ3v) is 6.84. The van der Waals surface area contributed by atoms with Gasteiger partial charge in [-0.3, -0.25) is 4.79 Å². The molecule has 0 saturated carbocycles. The van der Waals surface area contributed by atoms with Crippen LogP contribution in [0.3, 0.4) is 0 Å². The first-order valence-corrected chi connectivity index (χ1v) is 11.9. The van der Waals surface area contributed by atoms with E-state index in [9.17, 15) is 22.0 Å². The number of rotatable bonds is 10. The molecule has 12 heteroatoms. The highest BCUT2D eigenvalue weighted by Gasteiger charge is 2.26. The van der Waals surface area contributed by atoms with Gasteiger partial charge >= 0.3 is 6.61 Å². The summed E-state index contributed by atoms with van der Waals surface area (Å²) in [5.74, 6) is -0.580. The Hall–Kier alpha value is -3.25. The molecule has 1 aliphatic heterocycles. The molecule has 0 radical (unpaired) electrons. The summed E-state index contributed by atoms with van der Waals surface area (Å²) < 4.78 is 61.2. The van der Waals surface area contributed by atoms with Crippen LogP contribution in [0.5, 0.6) is 11.5 Å². The quantitative estimate of drug-likeness (QED) is 0.398. The Morgan fingerprint density at radius 2 is 1.91 bits per heavy atom. The number of sulfonamides is 1. The van der Waals surface area contributed by atoms with Crippen LogP contribution in [0.15, 0.2) is 52.5 Å². The normalized spacial score (nSPS) is 14.8. The fourth-order valence-electron chi connectivity index (χ4n) is 3.34. The molecule has 1 aliphatic rings. The van der Waals surface area contributed by atoms with Crippen LogP contribution in [0.25, 0.3) is 0 Å². The lowest BCUT2D eigenvalue weighted by Gasteiger charge is -2.26. The first kappa shape index (κ1) is 25.4. The van der Waals surface area contributed by atoms with Gasteiger partial charge in [-0.1, -0.05) is 17.6 Å². The van der Waals surface area contributed by atoms with E-state index in [0.29, 0.717) is 24.3 Å². The standard InChI is InChI=1S/C22H25F2N3O6S/c1-31-20-12-16(8-9-19(20)33-22(23)24)14-25-32-15-21(28)26-17-6-5-7-18(13-17)34(29,30)27-10-3-2-4-11-27/h5-9,12-14,22H,2-4,10-11,15H2,1H3,(H,26,28)/b25-14+. The number of nitrogens with zero attached hydrogens (tertiary/aromatic N) is 2. The second-order valence-electron chi connectivity index (χ2n) is 7.34. The van der Waals surface area contributed by atoms with Gasteiger partial charge < -0.3 is 19.6 Å². The molecule has 1 saturated heterocycles. The first-order chi connectivity index (χ1) is 16.3. The van der Waals surface area contributed by atoms with Gasteiger partial charge in [0.15, 0.2) is 18.1 Å². The summed E-state index contributed by atoms with van der Waals surface area (Å²) in [7, 11) is -2.31. The Balaban J connectivity index is 1.54. The number of nitrogens with one attached hydrogen (secondary N) is 1. The van der Waals surface area contributed by atoms with E-state index in [-0.39, 0.29) is 16.4 Å². The maximum atomic E-state index is 12.8. The fraction of sp³-hybridized carbons (Fsp3) is 0.364. The van der Waals surface area contributed by atoms with E-state index in [1.165, 1.54) is 48.0 Å². The Kier molecular flexibility index (Phi) is 8.77. The summed E-state index contributed by atoms with van der Waals surface area (Å²) in [6, 6.07) is 10.2. The average Bonchev–Trinajstić information content (AvgIpc) is 2.83. The van der Waals surface area contributed by atoms with Crippen LogP contribution in [0.1, 0.15) is 24.8 Å². The van der Waals surface area contributed by atoms with Gasteiger partial charge in [0.2, 0.25) is 10.0 Å². The highest BCUT2D eigenvalue weighted by molar-refractivity contribution is 7.89. The van der Waals surface area contributed by atoms with Crippen molar-refractivity contribution in [3.05, 3.63) is 48.0 Å². The van der Waals surface area contributed by atoms with Crippen LogP contribution >= 0.6 is 0 Å². The number of hydrogen-bond donors (Lipinski definition) is 1. The summed E-state index contributed by atoms with van der Waals surface area (Å²) in [4.78, 5) is 17.2. The number of hydrogen-bond acceptors (Lipinski definition) is 7. The van der Waals surface area contributed by atoms with Crippen molar-refractivity contribution in [3.8, 4) is 11.5 Å². The van der Waals surface area contributed by atoms with E-state index in [1.54, 1.807) is 12.1 Å². The summed E-state index contributed by atoms with van der Waals surface area (Å²) in [6.07, 6.45) is 3.94. The predicted molar refractivity (Wildman–Crippen MR) is 121 cm³/mol.